The maximum absolute atomic E-state index is 5.86. The van der Waals surface area contributed by atoms with Crippen LogP contribution in [0.25, 0.3) is 0 Å². The quantitative estimate of drug-likeness (QED) is 0.368. The Morgan fingerprint density at radius 1 is 1.26 bits per heavy atom. The number of rotatable bonds is 11. The lowest BCUT2D eigenvalue weighted by Crippen LogP contribution is -2.40. The summed E-state index contributed by atoms with van der Waals surface area (Å²) in [6.07, 6.45) is 0. The minimum atomic E-state index is 0.133. The highest BCUT2D eigenvalue weighted by Gasteiger charge is 2.02. The lowest BCUT2D eigenvalue weighted by molar-refractivity contribution is 0.0453. The zero-order valence-electron chi connectivity index (χ0n) is 14.4. The van der Waals surface area contributed by atoms with Gasteiger partial charge in [-0.1, -0.05) is 24.3 Å². The number of hydrogen-bond donors (Lipinski definition) is 2. The number of benzene rings is 1. The van der Waals surface area contributed by atoms with Crippen molar-refractivity contribution in [1.82, 2.24) is 5.32 Å². The summed E-state index contributed by atoms with van der Waals surface area (Å²) in [6.45, 7) is 7.61. The fraction of sp³-hybridized carbons (Fsp3) is 0.588. The monoisotopic (exact) mass is 323 g/mol. The van der Waals surface area contributed by atoms with Crippen molar-refractivity contribution in [1.29, 1.82) is 0 Å². The van der Waals surface area contributed by atoms with E-state index in [9.17, 15) is 0 Å². The first kappa shape index (κ1) is 19.4. The Hall–Kier alpha value is -1.63. The van der Waals surface area contributed by atoms with Gasteiger partial charge in [0.2, 0.25) is 0 Å². The molecule has 0 spiro atoms. The molecule has 1 aromatic rings. The van der Waals surface area contributed by atoms with E-state index in [4.69, 9.17) is 19.9 Å². The summed E-state index contributed by atoms with van der Waals surface area (Å²) < 4.78 is 15.9. The van der Waals surface area contributed by atoms with E-state index >= 15 is 0 Å². The van der Waals surface area contributed by atoms with Gasteiger partial charge in [-0.25, -0.2) is 4.99 Å². The van der Waals surface area contributed by atoms with E-state index in [0.717, 1.165) is 17.7 Å². The molecule has 0 heterocycles. The predicted molar refractivity (Wildman–Crippen MR) is 92.4 cm³/mol. The van der Waals surface area contributed by atoms with Crippen LogP contribution in [-0.2, 0) is 27.4 Å². The molecule has 130 valence electrons. The van der Waals surface area contributed by atoms with Crippen molar-refractivity contribution in [3.05, 3.63) is 35.4 Å². The van der Waals surface area contributed by atoms with Crippen molar-refractivity contribution in [2.75, 3.05) is 33.5 Å². The lowest BCUT2D eigenvalue weighted by Gasteiger charge is -2.13. The molecule has 1 rings (SSSR count). The Morgan fingerprint density at radius 3 is 2.74 bits per heavy atom. The summed E-state index contributed by atoms with van der Waals surface area (Å²) in [5.41, 5.74) is 8.08. The van der Waals surface area contributed by atoms with Gasteiger partial charge in [-0.2, -0.15) is 0 Å². The SMILES string of the molecule is CCOCCOCc1cccc(CN=C(N)NC(C)COC)c1. The van der Waals surface area contributed by atoms with Gasteiger partial charge in [0, 0.05) is 19.8 Å². The van der Waals surface area contributed by atoms with Crippen LogP contribution in [0.4, 0.5) is 0 Å². The first-order chi connectivity index (χ1) is 11.2. The van der Waals surface area contributed by atoms with Gasteiger partial charge >= 0.3 is 0 Å². The van der Waals surface area contributed by atoms with Gasteiger partial charge < -0.3 is 25.3 Å². The van der Waals surface area contributed by atoms with Crippen LogP contribution in [0.15, 0.2) is 29.3 Å². The van der Waals surface area contributed by atoms with Crippen molar-refractivity contribution < 1.29 is 14.2 Å². The highest BCUT2D eigenvalue weighted by atomic mass is 16.5. The van der Waals surface area contributed by atoms with E-state index in [1.807, 2.05) is 32.0 Å². The second-order valence-electron chi connectivity index (χ2n) is 5.27. The topological polar surface area (TPSA) is 78.1 Å². The molecule has 1 aromatic carbocycles. The Morgan fingerprint density at radius 2 is 2.00 bits per heavy atom. The maximum Gasteiger partial charge on any atom is 0.189 e. The van der Waals surface area contributed by atoms with Crippen LogP contribution in [0.1, 0.15) is 25.0 Å². The van der Waals surface area contributed by atoms with Crippen LogP contribution in [-0.4, -0.2) is 45.5 Å². The number of guanidine groups is 1. The van der Waals surface area contributed by atoms with E-state index in [1.165, 1.54) is 0 Å². The molecule has 0 aliphatic carbocycles. The van der Waals surface area contributed by atoms with Crippen LogP contribution in [0.2, 0.25) is 0 Å². The summed E-state index contributed by atoms with van der Waals surface area (Å²) in [5, 5.41) is 3.08. The molecule has 0 aliphatic heterocycles. The van der Waals surface area contributed by atoms with Crippen molar-refractivity contribution in [3.63, 3.8) is 0 Å². The third-order valence-electron chi connectivity index (χ3n) is 3.08. The summed E-state index contributed by atoms with van der Waals surface area (Å²) in [7, 11) is 1.66. The molecule has 0 fully saturated rings. The molecule has 0 radical (unpaired) electrons. The minimum Gasteiger partial charge on any atom is -0.383 e. The van der Waals surface area contributed by atoms with Crippen molar-refractivity contribution in [2.45, 2.75) is 33.0 Å². The zero-order chi connectivity index (χ0) is 16.9. The van der Waals surface area contributed by atoms with Crippen LogP contribution in [0.3, 0.4) is 0 Å². The van der Waals surface area contributed by atoms with Gasteiger partial charge in [0.25, 0.3) is 0 Å². The number of nitrogens with one attached hydrogen (secondary N) is 1. The number of methoxy groups -OCH3 is 1. The van der Waals surface area contributed by atoms with Gasteiger partial charge in [-0.15, -0.1) is 0 Å². The second-order valence-corrected chi connectivity index (χ2v) is 5.27. The Kier molecular flexibility index (Phi) is 10.0. The van der Waals surface area contributed by atoms with Crippen molar-refractivity contribution >= 4 is 5.96 Å². The number of nitrogens with zero attached hydrogens (tertiary/aromatic N) is 1. The number of nitrogens with two attached hydrogens (primary N) is 1. The molecule has 3 N–H and O–H groups in total. The van der Waals surface area contributed by atoms with Crippen LogP contribution < -0.4 is 11.1 Å². The molecule has 0 amide bonds. The first-order valence-corrected chi connectivity index (χ1v) is 7.94. The number of ether oxygens (including phenoxy) is 3. The highest BCUT2D eigenvalue weighted by molar-refractivity contribution is 5.78. The minimum absolute atomic E-state index is 0.133. The molecule has 1 unspecified atom stereocenters. The fourth-order valence-corrected chi connectivity index (χ4v) is 2.04. The van der Waals surface area contributed by atoms with Crippen LogP contribution >= 0.6 is 0 Å². The highest BCUT2D eigenvalue weighted by Crippen LogP contribution is 2.08. The third kappa shape index (κ3) is 9.18. The molecule has 0 bridgehead atoms. The molecular formula is C17H29N3O3. The Labute approximate surface area is 139 Å². The Bertz CT molecular complexity index is 466. The second kappa shape index (κ2) is 11.9. The van der Waals surface area contributed by atoms with Crippen LogP contribution in [0.5, 0.6) is 0 Å². The molecule has 0 aromatic heterocycles. The van der Waals surface area contributed by atoms with Crippen molar-refractivity contribution in [3.8, 4) is 0 Å². The molecule has 1 atom stereocenters. The van der Waals surface area contributed by atoms with Gasteiger partial charge in [0.15, 0.2) is 5.96 Å². The zero-order valence-corrected chi connectivity index (χ0v) is 14.4. The molecule has 0 saturated heterocycles. The maximum atomic E-state index is 5.86. The van der Waals surface area contributed by atoms with Gasteiger partial charge in [0.05, 0.1) is 33.0 Å². The van der Waals surface area contributed by atoms with E-state index in [-0.39, 0.29) is 6.04 Å². The summed E-state index contributed by atoms with van der Waals surface area (Å²) in [5.74, 6) is 0.424. The number of hydrogen-bond acceptors (Lipinski definition) is 4. The smallest absolute Gasteiger partial charge is 0.189 e. The van der Waals surface area contributed by atoms with Crippen molar-refractivity contribution in [2.24, 2.45) is 10.7 Å². The lowest BCUT2D eigenvalue weighted by atomic mass is 10.1. The van der Waals surface area contributed by atoms with Gasteiger partial charge in [-0.05, 0) is 25.0 Å². The molecular weight excluding hydrogens is 294 g/mol. The van der Waals surface area contributed by atoms with Gasteiger partial charge in [-0.3, -0.25) is 0 Å². The third-order valence-corrected chi connectivity index (χ3v) is 3.08. The fourth-order valence-electron chi connectivity index (χ4n) is 2.04. The average Bonchev–Trinajstić information content (AvgIpc) is 2.53. The van der Waals surface area contributed by atoms with Crippen LogP contribution in [0, 0.1) is 0 Å². The Balaban J connectivity index is 2.40. The summed E-state index contributed by atoms with van der Waals surface area (Å²) in [4.78, 5) is 4.35. The first-order valence-electron chi connectivity index (χ1n) is 7.94. The summed E-state index contributed by atoms with van der Waals surface area (Å²) >= 11 is 0. The summed E-state index contributed by atoms with van der Waals surface area (Å²) in [6, 6.07) is 8.28. The predicted octanol–water partition coefficient (Wildman–Crippen LogP) is 1.68. The van der Waals surface area contributed by atoms with E-state index in [0.29, 0.717) is 38.9 Å². The van der Waals surface area contributed by atoms with E-state index in [2.05, 4.69) is 16.4 Å². The molecule has 0 saturated carbocycles. The molecule has 6 heteroatoms. The van der Waals surface area contributed by atoms with Gasteiger partial charge in [0.1, 0.15) is 0 Å². The molecule has 23 heavy (non-hydrogen) atoms. The normalized spacial score (nSPS) is 13.1. The average molecular weight is 323 g/mol. The largest absolute Gasteiger partial charge is 0.383 e. The molecule has 6 nitrogen and oxygen atoms in total. The van der Waals surface area contributed by atoms with E-state index < -0.39 is 0 Å². The standard InChI is InChI=1S/C17H29N3O3/c1-4-22-8-9-23-13-16-7-5-6-15(10-16)11-19-17(18)20-14(2)12-21-3/h5-7,10,14H,4,8-9,11-13H2,1-3H3,(H3,18,19,20). The number of aliphatic imine (C=N–C) groups is 1. The molecule has 0 aliphatic rings. The van der Waals surface area contributed by atoms with E-state index in [1.54, 1.807) is 7.11 Å².